The van der Waals surface area contributed by atoms with Crippen molar-refractivity contribution in [3.05, 3.63) is 35.9 Å². The molecule has 0 radical (unpaired) electrons. The Hall–Kier alpha value is -0.860. The van der Waals surface area contributed by atoms with Crippen molar-refractivity contribution in [3.8, 4) is 0 Å². The fourth-order valence-corrected chi connectivity index (χ4v) is 3.86. The smallest absolute Gasteiger partial charge is 0.0278 e. The van der Waals surface area contributed by atoms with Gasteiger partial charge >= 0.3 is 0 Å². The molecule has 1 aromatic rings. The number of rotatable bonds is 20. The Labute approximate surface area is 175 Å². The fraction of sp³-hybridized carbons (Fsp3) is 0.769. The molecule has 0 aliphatic heterocycles. The van der Waals surface area contributed by atoms with E-state index in [-0.39, 0.29) is 0 Å². The summed E-state index contributed by atoms with van der Waals surface area (Å²) in [5.41, 5.74) is 1.30. The van der Waals surface area contributed by atoms with Crippen LogP contribution in [0.25, 0.3) is 0 Å². The molecule has 0 saturated heterocycles. The SMILES string of the molecule is CCCCCCCCCCCCCCCCCCN(O)CCc1ccccc1. The highest BCUT2D eigenvalue weighted by Crippen LogP contribution is 2.13. The van der Waals surface area contributed by atoms with Crippen molar-refractivity contribution in [1.82, 2.24) is 5.06 Å². The van der Waals surface area contributed by atoms with Crippen LogP contribution in [0.1, 0.15) is 115 Å². The lowest BCUT2D eigenvalue weighted by atomic mass is 10.0. The van der Waals surface area contributed by atoms with Crippen molar-refractivity contribution in [2.75, 3.05) is 13.1 Å². The normalized spacial score (nSPS) is 11.4. The number of unbranched alkanes of at least 4 members (excludes halogenated alkanes) is 15. The molecule has 0 unspecified atom stereocenters. The zero-order valence-corrected chi connectivity index (χ0v) is 18.7. The Kier molecular flexibility index (Phi) is 17.5. The van der Waals surface area contributed by atoms with Gasteiger partial charge in [0, 0.05) is 13.1 Å². The van der Waals surface area contributed by atoms with Crippen LogP contribution in [0.4, 0.5) is 0 Å². The summed E-state index contributed by atoms with van der Waals surface area (Å²) >= 11 is 0. The fourth-order valence-electron chi connectivity index (χ4n) is 3.86. The lowest BCUT2D eigenvalue weighted by molar-refractivity contribution is -0.0905. The summed E-state index contributed by atoms with van der Waals surface area (Å²) < 4.78 is 0. The van der Waals surface area contributed by atoms with Crippen molar-refractivity contribution in [3.63, 3.8) is 0 Å². The van der Waals surface area contributed by atoms with Crippen LogP contribution in [0.3, 0.4) is 0 Å². The predicted octanol–water partition coefficient (Wildman–Crippen LogP) is 8.18. The minimum absolute atomic E-state index is 0.739. The number of benzene rings is 1. The van der Waals surface area contributed by atoms with Gasteiger partial charge in [0.1, 0.15) is 0 Å². The lowest BCUT2D eigenvalue weighted by Gasteiger charge is -2.14. The zero-order chi connectivity index (χ0) is 20.1. The van der Waals surface area contributed by atoms with Gasteiger partial charge < -0.3 is 5.21 Å². The first kappa shape index (κ1) is 25.2. The molecule has 0 atom stereocenters. The van der Waals surface area contributed by atoms with E-state index in [1.165, 1.54) is 107 Å². The first-order valence-electron chi connectivity index (χ1n) is 12.3. The summed E-state index contributed by atoms with van der Waals surface area (Å²) in [5.74, 6) is 0. The van der Waals surface area contributed by atoms with E-state index in [0.717, 1.165) is 25.9 Å². The number of hydrogen-bond acceptors (Lipinski definition) is 2. The molecule has 0 fully saturated rings. The van der Waals surface area contributed by atoms with E-state index in [1.54, 1.807) is 0 Å². The highest BCUT2D eigenvalue weighted by Gasteiger charge is 2.01. The molecular formula is C26H47NO. The number of nitrogens with zero attached hydrogens (tertiary/aromatic N) is 1. The van der Waals surface area contributed by atoms with Crippen LogP contribution in [0.5, 0.6) is 0 Å². The molecule has 1 aromatic carbocycles. The first-order chi connectivity index (χ1) is 13.8. The molecule has 28 heavy (non-hydrogen) atoms. The van der Waals surface area contributed by atoms with E-state index in [1.807, 2.05) is 6.07 Å². The first-order valence-corrected chi connectivity index (χ1v) is 12.3. The standard InChI is InChI=1S/C26H47NO/c1-2-3-4-5-6-7-8-9-10-11-12-13-14-15-16-20-24-27(28)25-23-26-21-18-17-19-22-26/h17-19,21-22,28H,2-16,20,23-25H2,1H3. The molecule has 0 bridgehead atoms. The molecule has 2 nitrogen and oxygen atoms in total. The van der Waals surface area contributed by atoms with E-state index in [0.29, 0.717) is 0 Å². The third-order valence-electron chi connectivity index (χ3n) is 5.77. The molecular weight excluding hydrogens is 342 g/mol. The van der Waals surface area contributed by atoms with Crippen LogP contribution < -0.4 is 0 Å². The highest BCUT2D eigenvalue weighted by molar-refractivity contribution is 5.14. The van der Waals surface area contributed by atoms with Crippen LogP contribution in [-0.2, 0) is 6.42 Å². The molecule has 162 valence electrons. The molecule has 0 aliphatic carbocycles. The Morgan fingerprint density at radius 3 is 1.46 bits per heavy atom. The van der Waals surface area contributed by atoms with Gasteiger partial charge in [-0.05, 0) is 18.4 Å². The minimum Gasteiger partial charge on any atom is -0.314 e. The quantitative estimate of drug-likeness (QED) is 0.179. The molecule has 0 spiro atoms. The molecule has 0 saturated carbocycles. The summed E-state index contributed by atoms with van der Waals surface area (Å²) in [7, 11) is 0. The van der Waals surface area contributed by atoms with Gasteiger partial charge in [0.15, 0.2) is 0 Å². The molecule has 0 aromatic heterocycles. The molecule has 1 rings (SSSR count). The molecule has 2 heteroatoms. The molecule has 0 aliphatic rings. The van der Waals surface area contributed by atoms with Crippen molar-refractivity contribution >= 4 is 0 Å². The zero-order valence-electron chi connectivity index (χ0n) is 18.7. The van der Waals surface area contributed by atoms with Crippen LogP contribution in [0.2, 0.25) is 0 Å². The van der Waals surface area contributed by atoms with Crippen LogP contribution in [0.15, 0.2) is 30.3 Å². The number of hydrogen-bond donors (Lipinski definition) is 1. The summed E-state index contributed by atoms with van der Waals surface area (Å²) in [6, 6.07) is 10.4. The van der Waals surface area contributed by atoms with Gasteiger partial charge in [0.05, 0.1) is 0 Å². The maximum atomic E-state index is 9.96. The second-order valence-electron chi connectivity index (χ2n) is 8.49. The van der Waals surface area contributed by atoms with Gasteiger partial charge in [-0.15, -0.1) is 0 Å². The van der Waals surface area contributed by atoms with E-state index in [2.05, 4.69) is 31.2 Å². The van der Waals surface area contributed by atoms with E-state index in [9.17, 15) is 5.21 Å². The molecule has 0 amide bonds. The van der Waals surface area contributed by atoms with Gasteiger partial charge in [-0.3, -0.25) is 0 Å². The van der Waals surface area contributed by atoms with Gasteiger partial charge in [-0.1, -0.05) is 134 Å². The Morgan fingerprint density at radius 1 is 0.571 bits per heavy atom. The van der Waals surface area contributed by atoms with Gasteiger partial charge in [0.2, 0.25) is 0 Å². The summed E-state index contributed by atoms with van der Waals surface area (Å²) in [6.45, 7) is 3.84. The second-order valence-corrected chi connectivity index (χ2v) is 8.49. The Morgan fingerprint density at radius 2 is 1.00 bits per heavy atom. The largest absolute Gasteiger partial charge is 0.314 e. The average molecular weight is 390 g/mol. The van der Waals surface area contributed by atoms with Gasteiger partial charge in [0.25, 0.3) is 0 Å². The van der Waals surface area contributed by atoms with Gasteiger partial charge in [-0.2, -0.15) is 5.06 Å². The molecule has 1 N–H and O–H groups in total. The predicted molar refractivity (Wildman–Crippen MR) is 123 cm³/mol. The summed E-state index contributed by atoms with van der Waals surface area (Å²) in [4.78, 5) is 0. The van der Waals surface area contributed by atoms with Crippen LogP contribution in [0, 0.1) is 0 Å². The third kappa shape index (κ3) is 16.1. The lowest BCUT2D eigenvalue weighted by Crippen LogP contribution is -2.23. The highest BCUT2D eigenvalue weighted by atomic mass is 16.5. The summed E-state index contributed by atoms with van der Waals surface area (Å²) in [5, 5.41) is 11.5. The summed E-state index contributed by atoms with van der Waals surface area (Å²) in [6.07, 6.45) is 23.2. The third-order valence-corrected chi connectivity index (χ3v) is 5.77. The van der Waals surface area contributed by atoms with Gasteiger partial charge in [-0.25, -0.2) is 0 Å². The maximum Gasteiger partial charge on any atom is 0.0278 e. The van der Waals surface area contributed by atoms with Crippen molar-refractivity contribution in [2.45, 2.75) is 116 Å². The van der Waals surface area contributed by atoms with E-state index < -0.39 is 0 Å². The van der Waals surface area contributed by atoms with Crippen molar-refractivity contribution in [2.24, 2.45) is 0 Å². The monoisotopic (exact) mass is 389 g/mol. The average Bonchev–Trinajstić information content (AvgIpc) is 2.72. The van der Waals surface area contributed by atoms with Crippen LogP contribution >= 0.6 is 0 Å². The second kappa shape index (κ2) is 19.5. The van der Waals surface area contributed by atoms with E-state index >= 15 is 0 Å². The molecule has 0 heterocycles. The maximum absolute atomic E-state index is 9.96. The Balaban J connectivity index is 1.75. The van der Waals surface area contributed by atoms with Crippen molar-refractivity contribution in [1.29, 1.82) is 0 Å². The van der Waals surface area contributed by atoms with E-state index in [4.69, 9.17) is 0 Å². The number of hydroxylamine groups is 2. The minimum atomic E-state index is 0.739. The van der Waals surface area contributed by atoms with Crippen molar-refractivity contribution < 1.29 is 5.21 Å². The Bertz CT molecular complexity index is 420. The van der Waals surface area contributed by atoms with Crippen LogP contribution in [-0.4, -0.2) is 23.4 Å². The topological polar surface area (TPSA) is 23.5 Å².